The Balaban J connectivity index is 1.57. The van der Waals surface area contributed by atoms with Crippen LogP contribution < -0.4 is 16.4 Å². The number of nitrogens with zero attached hydrogens (tertiary/aromatic N) is 2. The number of anilines is 4. The zero-order chi connectivity index (χ0) is 25.4. The zero-order valence-corrected chi connectivity index (χ0v) is 21.1. The SMILES string of the molecule is CCCCCCCCCCCCCCCCNc1ncnc(Nc2ccc(C(F)(F)F)cc2)c1N. The maximum absolute atomic E-state index is 12.7. The normalized spacial score (nSPS) is 11.5. The molecule has 0 spiro atoms. The van der Waals surface area contributed by atoms with E-state index in [0.717, 1.165) is 31.5 Å². The van der Waals surface area contributed by atoms with E-state index in [4.69, 9.17) is 5.73 Å². The van der Waals surface area contributed by atoms with Crippen molar-refractivity contribution in [3.8, 4) is 0 Å². The molecular weight excluding hydrogens is 451 g/mol. The van der Waals surface area contributed by atoms with Crippen LogP contribution in [0.3, 0.4) is 0 Å². The number of hydrogen-bond donors (Lipinski definition) is 3. The Bertz CT molecular complexity index is 825. The summed E-state index contributed by atoms with van der Waals surface area (Å²) in [5.74, 6) is 0.896. The van der Waals surface area contributed by atoms with Gasteiger partial charge in [-0.05, 0) is 30.7 Å². The number of unbranched alkanes of at least 4 members (excludes halogenated alkanes) is 13. The number of hydrogen-bond acceptors (Lipinski definition) is 5. The van der Waals surface area contributed by atoms with Gasteiger partial charge >= 0.3 is 6.18 Å². The Morgan fingerprint density at radius 2 is 1.20 bits per heavy atom. The van der Waals surface area contributed by atoms with Gasteiger partial charge in [-0.3, -0.25) is 0 Å². The van der Waals surface area contributed by atoms with Crippen molar-refractivity contribution in [3.63, 3.8) is 0 Å². The van der Waals surface area contributed by atoms with Gasteiger partial charge in [-0.15, -0.1) is 0 Å². The Kier molecular flexibility index (Phi) is 13.3. The molecule has 0 fully saturated rings. The summed E-state index contributed by atoms with van der Waals surface area (Å²) in [6.45, 7) is 3.02. The Morgan fingerprint density at radius 3 is 1.71 bits per heavy atom. The second kappa shape index (κ2) is 16.2. The predicted octanol–water partition coefficient (Wildman–Crippen LogP) is 8.71. The fourth-order valence-corrected chi connectivity index (χ4v) is 4.04. The van der Waals surface area contributed by atoms with Crippen LogP contribution in [0.5, 0.6) is 0 Å². The first-order valence-corrected chi connectivity index (χ1v) is 13.2. The first-order chi connectivity index (χ1) is 16.9. The Morgan fingerprint density at radius 1 is 0.714 bits per heavy atom. The molecule has 1 aromatic heterocycles. The third-order valence-corrected chi connectivity index (χ3v) is 6.18. The van der Waals surface area contributed by atoms with Gasteiger partial charge in [0, 0.05) is 12.2 Å². The van der Waals surface area contributed by atoms with E-state index in [9.17, 15) is 13.2 Å². The molecule has 2 rings (SSSR count). The van der Waals surface area contributed by atoms with Crippen molar-refractivity contribution >= 4 is 23.0 Å². The van der Waals surface area contributed by atoms with E-state index in [1.807, 2.05) is 0 Å². The van der Waals surface area contributed by atoms with Crippen LogP contribution in [0.25, 0.3) is 0 Å². The largest absolute Gasteiger partial charge is 0.416 e. The fourth-order valence-electron chi connectivity index (χ4n) is 4.04. The van der Waals surface area contributed by atoms with Gasteiger partial charge < -0.3 is 16.4 Å². The average Bonchev–Trinajstić information content (AvgIpc) is 2.83. The molecule has 8 heteroatoms. The van der Waals surface area contributed by atoms with Crippen molar-refractivity contribution in [1.82, 2.24) is 9.97 Å². The molecule has 35 heavy (non-hydrogen) atoms. The number of nitrogens with one attached hydrogen (secondary N) is 2. The molecule has 0 unspecified atom stereocenters. The molecule has 0 amide bonds. The van der Waals surface area contributed by atoms with Gasteiger partial charge in [-0.1, -0.05) is 90.4 Å². The van der Waals surface area contributed by atoms with E-state index in [1.54, 1.807) is 0 Å². The predicted molar refractivity (Wildman–Crippen MR) is 140 cm³/mol. The maximum atomic E-state index is 12.7. The van der Waals surface area contributed by atoms with Crippen LogP contribution >= 0.6 is 0 Å². The third kappa shape index (κ3) is 11.6. The first-order valence-electron chi connectivity index (χ1n) is 13.2. The van der Waals surface area contributed by atoms with Crippen LogP contribution in [-0.2, 0) is 6.18 Å². The highest BCUT2D eigenvalue weighted by Gasteiger charge is 2.29. The van der Waals surface area contributed by atoms with E-state index in [0.29, 0.717) is 23.0 Å². The molecule has 196 valence electrons. The Hall–Kier alpha value is -2.51. The van der Waals surface area contributed by atoms with Crippen LogP contribution in [0.4, 0.5) is 36.2 Å². The first kappa shape index (κ1) is 28.7. The van der Waals surface area contributed by atoms with Crippen molar-refractivity contribution in [2.75, 3.05) is 22.9 Å². The van der Waals surface area contributed by atoms with E-state index in [-0.39, 0.29) is 0 Å². The smallest absolute Gasteiger partial charge is 0.393 e. The van der Waals surface area contributed by atoms with Gasteiger partial charge in [-0.2, -0.15) is 13.2 Å². The summed E-state index contributed by atoms with van der Waals surface area (Å²) in [4.78, 5) is 8.31. The van der Waals surface area contributed by atoms with Crippen molar-refractivity contribution in [1.29, 1.82) is 0 Å². The Labute approximate surface area is 208 Å². The summed E-state index contributed by atoms with van der Waals surface area (Å²) in [5.41, 5.74) is 6.28. The molecule has 0 bridgehead atoms. The van der Waals surface area contributed by atoms with E-state index >= 15 is 0 Å². The van der Waals surface area contributed by atoms with Gasteiger partial charge in [-0.25, -0.2) is 9.97 Å². The minimum atomic E-state index is -4.36. The highest BCUT2D eigenvalue weighted by Crippen LogP contribution is 2.31. The standard InChI is InChI=1S/C27H42F3N5/c1-2-3-4-5-6-7-8-9-10-11-12-13-14-15-20-32-25-24(31)26(34-21-33-25)35-23-18-16-22(17-19-23)27(28,29)30/h16-19,21H,2-15,20,31H2,1H3,(H2,32,33,34,35). The van der Waals surface area contributed by atoms with Gasteiger partial charge in [0.2, 0.25) is 0 Å². The lowest BCUT2D eigenvalue weighted by Gasteiger charge is -2.13. The highest BCUT2D eigenvalue weighted by molar-refractivity contribution is 5.77. The number of halogens is 3. The molecule has 0 saturated carbocycles. The molecule has 2 aromatic rings. The second-order valence-corrected chi connectivity index (χ2v) is 9.21. The van der Waals surface area contributed by atoms with Crippen LogP contribution in [0, 0.1) is 0 Å². The van der Waals surface area contributed by atoms with Crippen molar-refractivity contribution in [2.24, 2.45) is 0 Å². The van der Waals surface area contributed by atoms with E-state index < -0.39 is 11.7 Å². The topological polar surface area (TPSA) is 75.9 Å². The third-order valence-electron chi connectivity index (χ3n) is 6.18. The fraction of sp³-hybridized carbons (Fsp3) is 0.630. The van der Waals surface area contributed by atoms with Crippen molar-refractivity contribution in [2.45, 2.75) is 103 Å². The number of nitrogen functional groups attached to an aromatic ring is 1. The lowest BCUT2D eigenvalue weighted by Crippen LogP contribution is -2.09. The van der Waals surface area contributed by atoms with Crippen LogP contribution in [0.2, 0.25) is 0 Å². The van der Waals surface area contributed by atoms with Gasteiger partial charge in [0.1, 0.15) is 12.0 Å². The molecule has 0 atom stereocenters. The summed E-state index contributed by atoms with van der Waals surface area (Å²) < 4.78 is 38.2. The minimum absolute atomic E-state index is 0.345. The average molecular weight is 494 g/mol. The molecular formula is C27H42F3N5. The zero-order valence-electron chi connectivity index (χ0n) is 21.1. The van der Waals surface area contributed by atoms with Crippen molar-refractivity contribution < 1.29 is 13.2 Å². The van der Waals surface area contributed by atoms with Gasteiger partial charge in [0.05, 0.1) is 5.56 Å². The van der Waals surface area contributed by atoms with Crippen LogP contribution in [-0.4, -0.2) is 16.5 Å². The lowest BCUT2D eigenvalue weighted by molar-refractivity contribution is -0.137. The molecule has 0 saturated heterocycles. The molecule has 0 aliphatic rings. The molecule has 5 nitrogen and oxygen atoms in total. The van der Waals surface area contributed by atoms with Gasteiger partial charge in [0.15, 0.2) is 11.6 Å². The summed E-state index contributed by atoms with van der Waals surface area (Å²) in [5, 5.41) is 6.21. The monoisotopic (exact) mass is 493 g/mol. The summed E-state index contributed by atoms with van der Waals surface area (Å²) in [6.07, 6.45) is 15.4. The minimum Gasteiger partial charge on any atom is -0.393 e. The van der Waals surface area contributed by atoms with E-state index in [1.165, 1.54) is 95.5 Å². The molecule has 0 radical (unpaired) electrons. The quantitative estimate of drug-likeness (QED) is 0.181. The number of alkyl halides is 3. The lowest BCUT2D eigenvalue weighted by atomic mass is 10.0. The summed E-state index contributed by atoms with van der Waals surface area (Å²) in [7, 11) is 0. The number of rotatable bonds is 18. The number of aromatic nitrogens is 2. The highest BCUT2D eigenvalue weighted by atomic mass is 19.4. The maximum Gasteiger partial charge on any atom is 0.416 e. The van der Waals surface area contributed by atoms with Crippen LogP contribution in [0.1, 0.15) is 102 Å². The molecule has 4 N–H and O–H groups in total. The summed E-state index contributed by atoms with van der Waals surface area (Å²) in [6, 6.07) is 4.75. The van der Waals surface area contributed by atoms with Crippen LogP contribution in [0.15, 0.2) is 30.6 Å². The number of benzene rings is 1. The van der Waals surface area contributed by atoms with E-state index in [2.05, 4.69) is 27.5 Å². The van der Waals surface area contributed by atoms with Crippen molar-refractivity contribution in [3.05, 3.63) is 36.2 Å². The molecule has 0 aliphatic carbocycles. The molecule has 1 heterocycles. The molecule has 1 aromatic carbocycles. The molecule has 0 aliphatic heterocycles. The second-order valence-electron chi connectivity index (χ2n) is 9.21. The van der Waals surface area contributed by atoms with Gasteiger partial charge in [0.25, 0.3) is 0 Å². The number of nitrogens with two attached hydrogens (primary N) is 1. The summed E-state index contributed by atoms with van der Waals surface area (Å²) >= 11 is 0.